The Bertz CT molecular complexity index is 1020. The van der Waals surface area contributed by atoms with Gasteiger partial charge in [0.2, 0.25) is 0 Å². The van der Waals surface area contributed by atoms with Crippen molar-refractivity contribution in [3.05, 3.63) is 66.1 Å². The summed E-state index contributed by atoms with van der Waals surface area (Å²) in [6, 6.07) is 12.2. The number of benzene rings is 2. The standard InChI is InChI=1S/C20H18N2O5S/c1-2-16(26-13-6-4-3-5-7-13)20(24)27-22-19(23)17-14(18(21)28)9-8-12-10-25-11-15(12)17/h3-11,16H,2H2,1H3,(H2,21,28)(H,22,23). The Kier molecular flexibility index (Phi) is 5.90. The second-order valence-corrected chi connectivity index (χ2v) is 6.35. The topological polar surface area (TPSA) is 104 Å². The maximum atomic E-state index is 12.7. The van der Waals surface area contributed by atoms with Gasteiger partial charge in [-0.05, 0) is 18.6 Å². The molecule has 0 saturated heterocycles. The Morgan fingerprint density at radius 3 is 2.61 bits per heavy atom. The summed E-state index contributed by atoms with van der Waals surface area (Å²) in [7, 11) is 0. The van der Waals surface area contributed by atoms with Crippen LogP contribution in [0.4, 0.5) is 0 Å². The number of carbonyl (C=O) groups is 2. The fourth-order valence-electron chi connectivity index (χ4n) is 2.67. The molecular weight excluding hydrogens is 380 g/mol. The molecule has 2 aromatic carbocycles. The molecule has 3 rings (SSSR count). The van der Waals surface area contributed by atoms with Gasteiger partial charge in [-0.2, -0.15) is 5.48 Å². The molecule has 28 heavy (non-hydrogen) atoms. The van der Waals surface area contributed by atoms with Gasteiger partial charge >= 0.3 is 5.97 Å². The van der Waals surface area contributed by atoms with Crippen molar-refractivity contribution in [2.45, 2.75) is 19.4 Å². The summed E-state index contributed by atoms with van der Waals surface area (Å²) < 4.78 is 10.7. The second-order valence-electron chi connectivity index (χ2n) is 5.91. The van der Waals surface area contributed by atoms with Gasteiger partial charge < -0.3 is 19.7 Å². The van der Waals surface area contributed by atoms with Crippen molar-refractivity contribution in [3.8, 4) is 5.75 Å². The van der Waals surface area contributed by atoms with Crippen molar-refractivity contribution in [3.63, 3.8) is 0 Å². The number of nitrogens with two attached hydrogens (primary N) is 1. The zero-order chi connectivity index (χ0) is 20.1. The van der Waals surface area contributed by atoms with Crippen LogP contribution in [0.1, 0.15) is 29.3 Å². The highest BCUT2D eigenvalue weighted by Gasteiger charge is 2.24. The predicted octanol–water partition coefficient (Wildman–Crippen LogP) is 3.11. The minimum absolute atomic E-state index is 0.0402. The van der Waals surface area contributed by atoms with Gasteiger partial charge in [0.05, 0.1) is 18.1 Å². The summed E-state index contributed by atoms with van der Waals surface area (Å²) in [4.78, 5) is 30.0. The summed E-state index contributed by atoms with van der Waals surface area (Å²) >= 11 is 5.01. The number of carbonyl (C=O) groups excluding carboxylic acids is 2. The third-order valence-corrected chi connectivity index (χ3v) is 4.27. The van der Waals surface area contributed by atoms with Gasteiger partial charge in [-0.15, -0.1) is 0 Å². The molecule has 0 aliphatic carbocycles. The first-order chi connectivity index (χ1) is 13.5. The highest BCUT2D eigenvalue weighted by Crippen LogP contribution is 2.24. The Morgan fingerprint density at radius 2 is 1.93 bits per heavy atom. The van der Waals surface area contributed by atoms with Crippen LogP contribution in [0.5, 0.6) is 5.75 Å². The van der Waals surface area contributed by atoms with Crippen molar-refractivity contribution < 1.29 is 23.6 Å². The fraction of sp³-hybridized carbons (Fsp3) is 0.150. The first-order valence-electron chi connectivity index (χ1n) is 8.52. The molecule has 8 heteroatoms. The number of furan rings is 1. The number of amides is 1. The zero-order valence-corrected chi connectivity index (χ0v) is 15.8. The van der Waals surface area contributed by atoms with E-state index in [0.717, 1.165) is 0 Å². The third kappa shape index (κ3) is 4.12. The molecule has 0 aliphatic rings. The van der Waals surface area contributed by atoms with E-state index in [9.17, 15) is 9.59 Å². The highest BCUT2D eigenvalue weighted by atomic mass is 32.1. The van der Waals surface area contributed by atoms with Crippen LogP contribution in [0.3, 0.4) is 0 Å². The molecule has 1 unspecified atom stereocenters. The Hall–Kier alpha value is -3.39. The number of hydrogen-bond donors (Lipinski definition) is 2. The Morgan fingerprint density at radius 1 is 1.18 bits per heavy atom. The summed E-state index contributed by atoms with van der Waals surface area (Å²) in [5.74, 6) is -0.870. The van der Waals surface area contributed by atoms with E-state index in [2.05, 4.69) is 5.48 Å². The third-order valence-electron chi connectivity index (χ3n) is 4.05. The number of hydrogen-bond acceptors (Lipinski definition) is 6. The van der Waals surface area contributed by atoms with E-state index in [4.69, 9.17) is 31.9 Å². The summed E-state index contributed by atoms with van der Waals surface area (Å²) in [6.07, 6.45) is 2.38. The van der Waals surface area contributed by atoms with E-state index in [1.54, 1.807) is 43.3 Å². The molecule has 0 radical (unpaired) electrons. The lowest BCUT2D eigenvalue weighted by molar-refractivity contribution is -0.157. The normalized spacial score (nSPS) is 11.6. The average molecular weight is 398 g/mol. The lowest BCUT2D eigenvalue weighted by Crippen LogP contribution is -2.36. The molecule has 1 aromatic heterocycles. The number of ether oxygens (including phenoxy) is 1. The lowest BCUT2D eigenvalue weighted by Gasteiger charge is -2.16. The van der Waals surface area contributed by atoms with Crippen LogP contribution >= 0.6 is 12.2 Å². The van der Waals surface area contributed by atoms with Crippen molar-refractivity contribution >= 4 is 39.9 Å². The van der Waals surface area contributed by atoms with Gasteiger partial charge in [-0.1, -0.05) is 49.5 Å². The van der Waals surface area contributed by atoms with E-state index in [-0.39, 0.29) is 10.6 Å². The molecule has 7 nitrogen and oxygen atoms in total. The summed E-state index contributed by atoms with van der Waals surface area (Å²) in [5.41, 5.74) is 8.39. The highest BCUT2D eigenvalue weighted by molar-refractivity contribution is 7.80. The molecule has 1 atom stereocenters. The van der Waals surface area contributed by atoms with E-state index < -0.39 is 18.0 Å². The SMILES string of the molecule is CCC(Oc1ccccc1)C(=O)ONC(=O)c1c(C(N)=S)ccc2cocc12. The number of thiocarbonyl (C=S) groups is 1. The largest absolute Gasteiger partial charge is 0.479 e. The minimum Gasteiger partial charge on any atom is -0.479 e. The van der Waals surface area contributed by atoms with Crippen molar-refractivity contribution in [1.29, 1.82) is 0 Å². The number of nitrogens with one attached hydrogen (secondary N) is 1. The first-order valence-corrected chi connectivity index (χ1v) is 8.93. The smallest absolute Gasteiger partial charge is 0.372 e. The minimum atomic E-state index is -0.873. The molecule has 0 aliphatic heterocycles. The Balaban J connectivity index is 1.74. The van der Waals surface area contributed by atoms with Gasteiger partial charge in [-0.3, -0.25) is 4.79 Å². The van der Waals surface area contributed by atoms with E-state index >= 15 is 0 Å². The number of hydroxylamine groups is 1. The van der Waals surface area contributed by atoms with Gasteiger partial charge in [0.25, 0.3) is 5.91 Å². The van der Waals surface area contributed by atoms with E-state index in [1.807, 2.05) is 6.07 Å². The van der Waals surface area contributed by atoms with Gasteiger partial charge in [-0.25, -0.2) is 4.79 Å². The van der Waals surface area contributed by atoms with Crippen molar-refractivity contribution in [1.82, 2.24) is 5.48 Å². The zero-order valence-electron chi connectivity index (χ0n) is 15.0. The van der Waals surface area contributed by atoms with Crippen LogP contribution in [0.25, 0.3) is 10.8 Å². The number of fused-ring (bicyclic) bond motifs is 1. The molecule has 0 spiro atoms. The van der Waals surface area contributed by atoms with Crippen molar-refractivity contribution in [2.75, 3.05) is 0 Å². The van der Waals surface area contributed by atoms with Crippen LogP contribution in [-0.2, 0) is 9.63 Å². The van der Waals surface area contributed by atoms with Crippen LogP contribution in [-0.4, -0.2) is 23.0 Å². The van der Waals surface area contributed by atoms with Crippen molar-refractivity contribution in [2.24, 2.45) is 5.73 Å². The van der Waals surface area contributed by atoms with Crippen LogP contribution < -0.4 is 16.0 Å². The monoisotopic (exact) mass is 398 g/mol. The summed E-state index contributed by atoms with van der Waals surface area (Å²) in [5, 5.41) is 1.20. The van der Waals surface area contributed by atoms with E-state index in [0.29, 0.717) is 28.5 Å². The molecule has 3 N–H and O–H groups in total. The van der Waals surface area contributed by atoms with Crippen LogP contribution in [0.15, 0.2) is 59.4 Å². The van der Waals surface area contributed by atoms with Gasteiger partial charge in [0.1, 0.15) is 10.7 Å². The summed E-state index contributed by atoms with van der Waals surface area (Å²) in [6.45, 7) is 1.77. The van der Waals surface area contributed by atoms with Crippen LogP contribution in [0, 0.1) is 0 Å². The molecule has 0 fully saturated rings. The molecule has 0 bridgehead atoms. The predicted molar refractivity (Wildman–Crippen MR) is 107 cm³/mol. The van der Waals surface area contributed by atoms with Gasteiger partial charge in [0, 0.05) is 16.3 Å². The molecule has 3 aromatic rings. The maximum absolute atomic E-state index is 12.7. The van der Waals surface area contributed by atoms with E-state index in [1.165, 1.54) is 12.5 Å². The van der Waals surface area contributed by atoms with Crippen LogP contribution in [0.2, 0.25) is 0 Å². The molecule has 1 amide bonds. The number of para-hydroxylation sites is 1. The lowest BCUT2D eigenvalue weighted by atomic mass is 10.0. The first kappa shape index (κ1) is 19.4. The fourth-order valence-corrected chi connectivity index (χ4v) is 2.84. The molecule has 144 valence electrons. The second kappa shape index (κ2) is 8.53. The Labute approximate surface area is 166 Å². The maximum Gasteiger partial charge on any atom is 0.372 e. The van der Waals surface area contributed by atoms with Gasteiger partial charge in [0.15, 0.2) is 6.10 Å². The molecule has 0 saturated carbocycles. The average Bonchev–Trinajstić information content (AvgIpc) is 3.18. The number of rotatable bonds is 6. The molecular formula is C20H18N2O5S. The molecule has 1 heterocycles. The quantitative estimate of drug-likeness (QED) is 0.486.